The number of benzene rings is 7. The Balaban J connectivity index is 1.17. The molecule has 0 saturated carbocycles. The summed E-state index contributed by atoms with van der Waals surface area (Å²) in [5, 5.41) is 2.57. The third-order valence-corrected chi connectivity index (χ3v) is 10.0. The average molecular weight is 558 g/mol. The molecule has 10 rings (SSSR count). The molecule has 0 fully saturated rings. The Kier molecular flexibility index (Phi) is 4.71. The predicted molar refractivity (Wildman–Crippen MR) is 183 cm³/mol. The molecule has 0 saturated heterocycles. The normalized spacial score (nSPS) is 13.6. The van der Waals surface area contributed by atoms with Gasteiger partial charge in [0, 0.05) is 16.5 Å². The molecule has 2 aliphatic carbocycles. The van der Waals surface area contributed by atoms with E-state index in [4.69, 9.17) is 0 Å². The second-order valence-electron chi connectivity index (χ2n) is 12.1. The molecule has 2 aliphatic rings. The second-order valence-corrected chi connectivity index (χ2v) is 12.1. The van der Waals surface area contributed by atoms with Crippen LogP contribution >= 0.6 is 0 Å². The largest absolute Gasteiger partial charge is 0.309 e. The van der Waals surface area contributed by atoms with Gasteiger partial charge in [-0.05, 0) is 86.0 Å². The molecule has 1 nitrogen and oxygen atoms in total. The van der Waals surface area contributed by atoms with Gasteiger partial charge in [-0.1, -0.05) is 133 Å². The van der Waals surface area contributed by atoms with E-state index in [-0.39, 0.29) is 5.41 Å². The van der Waals surface area contributed by atoms with Gasteiger partial charge in [-0.2, -0.15) is 0 Å². The van der Waals surface area contributed by atoms with Gasteiger partial charge in [0.25, 0.3) is 0 Å². The second kappa shape index (κ2) is 8.69. The first-order valence-corrected chi connectivity index (χ1v) is 15.4. The molecular formula is C43H27N. The molecule has 1 spiro atoms. The van der Waals surface area contributed by atoms with Crippen LogP contribution in [0.4, 0.5) is 0 Å². The van der Waals surface area contributed by atoms with Crippen molar-refractivity contribution in [2.45, 2.75) is 5.41 Å². The van der Waals surface area contributed by atoms with E-state index >= 15 is 0 Å². The fourth-order valence-corrected chi connectivity index (χ4v) is 8.28. The van der Waals surface area contributed by atoms with Gasteiger partial charge in [-0.15, -0.1) is 0 Å². The highest BCUT2D eigenvalue weighted by Gasteiger charge is 2.51. The Morgan fingerprint density at radius 1 is 0.341 bits per heavy atom. The third kappa shape index (κ3) is 2.94. The van der Waals surface area contributed by atoms with Crippen LogP contribution in [-0.4, -0.2) is 4.57 Å². The fourth-order valence-electron chi connectivity index (χ4n) is 8.28. The van der Waals surface area contributed by atoms with Crippen molar-refractivity contribution < 1.29 is 0 Å². The minimum Gasteiger partial charge on any atom is -0.309 e. The summed E-state index contributed by atoms with van der Waals surface area (Å²) in [6, 6.07) is 60.6. The first-order valence-electron chi connectivity index (χ1n) is 15.4. The van der Waals surface area contributed by atoms with Gasteiger partial charge in [-0.25, -0.2) is 0 Å². The van der Waals surface area contributed by atoms with Gasteiger partial charge in [0.15, 0.2) is 0 Å². The lowest BCUT2D eigenvalue weighted by Crippen LogP contribution is -2.25. The third-order valence-electron chi connectivity index (χ3n) is 10.0. The highest BCUT2D eigenvalue weighted by atomic mass is 15.0. The Morgan fingerprint density at radius 3 is 1.32 bits per heavy atom. The van der Waals surface area contributed by atoms with E-state index in [1.165, 1.54) is 83.1 Å². The standard InChI is InChI=1S/C43H27N/c1-6-16-37-31(11-1)32-12-2-7-17-38(32)43(37)39-18-8-3-13-33(39)34-26-23-29(27-40(34)43)28-21-24-30(25-22-28)44-41-19-9-4-14-35(41)36-15-5-10-20-42(36)44/h1-27H. The molecule has 0 unspecified atom stereocenters. The van der Waals surface area contributed by atoms with E-state index in [1.54, 1.807) is 0 Å². The van der Waals surface area contributed by atoms with Crippen molar-refractivity contribution in [1.29, 1.82) is 0 Å². The Morgan fingerprint density at radius 2 is 0.773 bits per heavy atom. The molecule has 0 radical (unpaired) electrons. The van der Waals surface area contributed by atoms with E-state index < -0.39 is 0 Å². The highest BCUT2D eigenvalue weighted by Crippen LogP contribution is 2.62. The van der Waals surface area contributed by atoms with Crippen molar-refractivity contribution in [2.24, 2.45) is 0 Å². The number of hydrogen-bond donors (Lipinski definition) is 0. The van der Waals surface area contributed by atoms with E-state index in [0.717, 1.165) is 0 Å². The lowest BCUT2D eigenvalue weighted by Gasteiger charge is -2.30. The molecule has 204 valence electrons. The van der Waals surface area contributed by atoms with E-state index in [9.17, 15) is 0 Å². The predicted octanol–water partition coefficient (Wildman–Crippen LogP) is 10.8. The molecule has 1 aromatic heterocycles. The molecule has 0 aliphatic heterocycles. The summed E-state index contributed by atoms with van der Waals surface area (Å²) in [5.41, 5.74) is 16.7. The quantitative estimate of drug-likeness (QED) is 0.199. The Hall–Kier alpha value is -5.66. The number of nitrogens with zero attached hydrogens (tertiary/aromatic N) is 1. The molecule has 0 bridgehead atoms. The Bertz CT molecular complexity index is 2320. The summed E-state index contributed by atoms with van der Waals surface area (Å²) in [4.78, 5) is 0. The monoisotopic (exact) mass is 557 g/mol. The zero-order valence-corrected chi connectivity index (χ0v) is 24.0. The Labute approximate surface area is 256 Å². The molecule has 8 aromatic rings. The van der Waals surface area contributed by atoms with Crippen LogP contribution in [0.5, 0.6) is 0 Å². The van der Waals surface area contributed by atoms with Gasteiger partial charge in [0.05, 0.1) is 16.4 Å². The number of aromatic nitrogens is 1. The maximum atomic E-state index is 2.46. The van der Waals surface area contributed by atoms with Crippen LogP contribution in [0.3, 0.4) is 0 Å². The highest BCUT2D eigenvalue weighted by molar-refractivity contribution is 6.09. The van der Waals surface area contributed by atoms with Crippen LogP contribution in [0, 0.1) is 0 Å². The van der Waals surface area contributed by atoms with Gasteiger partial charge in [0.2, 0.25) is 0 Å². The average Bonchev–Trinajstić information content (AvgIpc) is 3.70. The summed E-state index contributed by atoms with van der Waals surface area (Å²) >= 11 is 0. The van der Waals surface area contributed by atoms with Crippen molar-refractivity contribution in [2.75, 3.05) is 0 Å². The van der Waals surface area contributed by atoms with Crippen LogP contribution in [0.15, 0.2) is 164 Å². The number of para-hydroxylation sites is 2. The van der Waals surface area contributed by atoms with Crippen molar-refractivity contribution >= 4 is 21.8 Å². The molecule has 44 heavy (non-hydrogen) atoms. The summed E-state index contributed by atoms with van der Waals surface area (Å²) in [5.74, 6) is 0. The maximum Gasteiger partial charge on any atom is 0.0725 e. The van der Waals surface area contributed by atoms with E-state index in [2.05, 4.69) is 168 Å². The van der Waals surface area contributed by atoms with Crippen LogP contribution in [0.1, 0.15) is 22.3 Å². The van der Waals surface area contributed by atoms with Crippen molar-refractivity contribution in [3.63, 3.8) is 0 Å². The lowest BCUT2D eigenvalue weighted by molar-refractivity contribution is 0.794. The van der Waals surface area contributed by atoms with Crippen LogP contribution in [-0.2, 0) is 5.41 Å². The van der Waals surface area contributed by atoms with Crippen molar-refractivity contribution in [3.05, 3.63) is 186 Å². The minimum atomic E-state index is -0.321. The summed E-state index contributed by atoms with van der Waals surface area (Å²) < 4.78 is 2.38. The van der Waals surface area contributed by atoms with Crippen molar-refractivity contribution in [1.82, 2.24) is 4.57 Å². The van der Waals surface area contributed by atoms with E-state index in [0.29, 0.717) is 0 Å². The molecular weight excluding hydrogens is 530 g/mol. The number of hydrogen-bond acceptors (Lipinski definition) is 0. The van der Waals surface area contributed by atoms with Gasteiger partial charge >= 0.3 is 0 Å². The van der Waals surface area contributed by atoms with E-state index in [1.807, 2.05) is 0 Å². The molecule has 0 N–H and O–H groups in total. The topological polar surface area (TPSA) is 4.93 Å². The molecule has 1 heteroatoms. The number of rotatable bonds is 2. The first kappa shape index (κ1) is 23.9. The molecule has 7 aromatic carbocycles. The number of fused-ring (bicyclic) bond motifs is 13. The summed E-state index contributed by atoms with van der Waals surface area (Å²) in [6.45, 7) is 0. The molecule has 1 heterocycles. The van der Waals surface area contributed by atoms with Crippen LogP contribution in [0.25, 0.3) is 60.9 Å². The fraction of sp³-hybridized carbons (Fsp3) is 0.0233. The summed E-state index contributed by atoms with van der Waals surface area (Å²) in [7, 11) is 0. The van der Waals surface area contributed by atoms with Gasteiger partial charge in [-0.3, -0.25) is 0 Å². The van der Waals surface area contributed by atoms with Crippen LogP contribution in [0.2, 0.25) is 0 Å². The van der Waals surface area contributed by atoms with Gasteiger partial charge in [0.1, 0.15) is 0 Å². The SMILES string of the molecule is c1ccc2c(c1)-c1ccccc1C21c2ccccc2-c2ccc(-c3ccc(-n4c5ccccc5c5ccccc54)cc3)cc21. The van der Waals surface area contributed by atoms with Crippen molar-refractivity contribution in [3.8, 4) is 39.1 Å². The maximum absolute atomic E-state index is 2.46. The lowest BCUT2D eigenvalue weighted by atomic mass is 9.70. The van der Waals surface area contributed by atoms with Gasteiger partial charge < -0.3 is 4.57 Å². The zero-order valence-electron chi connectivity index (χ0n) is 24.0. The smallest absolute Gasteiger partial charge is 0.0725 e. The zero-order chi connectivity index (χ0) is 28.8. The summed E-state index contributed by atoms with van der Waals surface area (Å²) in [6.07, 6.45) is 0. The van der Waals surface area contributed by atoms with Crippen LogP contribution < -0.4 is 0 Å². The molecule has 0 atom stereocenters. The first-order chi connectivity index (χ1) is 21.8. The molecule has 0 amide bonds. The minimum absolute atomic E-state index is 0.321.